The largest absolute Gasteiger partial charge is 0.369 e. The average Bonchev–Trinajstić information content (AvgIpc) is 2.77. The smallest absolute Gasteiger partial charge is 0.205 e. The summed E-state index contributed by atoms with van der Waals surface area (Å²) in [4.78, 5) is 4.38. The van der Waals surface area contributed by atoms with E-state index in [2.05, 4.69) is 33.9 Å². The maximum atomic E-state index is 6.19. The van der Waals surface area contributed by atoms with E-state index in [1.165, 1.54) is 5.56 Å². The fourth-order valence-electron chi connectivity index (χ4n) is 2.39. The standard InChI is InChI=1S/C15H13BrClN3/c1-2-9-8-10(16)6-7-12(9)20-13-5-3-4-11(17)14(13)19-15(20)18/h3-8H,2H2,1H3,(H2,18,19). The first kappa shape index (κ1) is 13.5. The summed E-state index contributed by atoms with van der Waals surface area (Å²) in [5, 5.41) is 0.614. The van der Waals surface area contributed by atoms with Gasteiger partial charge in [0.15, 0.2) is 0 Å². The second-order valence-electron chi connectivity index (χ2n) is 4.54. The molecule has 0 unspecified atom stereocenters. The molecule has 0 amide bonds. The van der Waals surface area contributed by atoms with Gasteiger partial charge in [-0.2, -0.15) is 0 Å². The number of rotatable bonds is 2. The minimum atomic E-state index is 0.449. The predicted octanol–water partition coefficient (Wildman–Crippen LogP) is 4.59. The second-order valence-corrected chi connectivity index (χ2v) is 5.86. The first-order chi connectivity index (χ1) is 9.61. The lowest BCUT2D eigenvalue weighted by atomic mass is 10.1. The van der Waals surface area contributed by atoms with E-state index in [1.807, 2.05) is 34.9 Å². The van der Waals surface area contributed by atoms with Crippen LogP contribution in [0.1, 0.15) is 12.5 Å². The number of nitrogens with zero attached hydrogens (tertiary/aromatic N) is 2. The van der Waals surface area contributed by atoms with Crippen molar-refractivity contribution in [2.24, 2.45) is 0 Å². The Kier molecular flexibility index (Phi) is 3.44. The van der Waals surface area contributed by atoms with E-state index in [0.717, 1.165) is 27.6 Å². The molecular weight excluding hydrogens is 338 g/mol. The summed E-state index contributed by atoms with van der Waals surface area (Å²) in [6, 6.07) is 11.9. The molecule has 0 atom stereocenters. The number of aryl methyl sites for hydroxylation is 1. The number of fused-ring (bicyclic) bond motifs is 1. The van der Waals surface area contributed by atoms with Crippen LogP contribution in [-0.2, 0) is 6.42 Å². The highest BCUT2D eigenvalue weighted by Gasteiger charge is 2.14. The van der Waals surface area contributed by atoms with E-state index >= 15 is 0 Å². The number of hydrogen-bond acceptors (Lipinski definition) is 2. The van der Waals surface area contributed by atoms with Gasteiger partial charge in [-0.05, 0) is 42.3 Å². The lowest BCUT2D eigenvalue weighted by molar-refractivity contribution is 1.04. The number of para-hydroxylation sites is 1. The van der Waals surface area contributed by atoms with Crippen molar-refractivity contribution in [1.29, 1.82) is 0 Å². The van der Waals surface area contributed by atoms with E-state index in [9.17, 15) is 0 Å². The Bertz CT molecular complexity index is 795. The van der Waals surface area contributed by atoms with Gasteiger partial charge in [-0.25, -0.2) is 4.98 Å². The fraction of sp³-hybridized carbons (Fsp3) is 0.133. The number of hydrogen-bond donors (Lipinski definition) is 1. The zero-order valence-corrected chi connectivity index (χ0v) is 13.2. The maximum absolute atomic E-state index is 6.19. The molecule has 3 rings (SSSR count). The molecule has 1 heterocycles. The summed E-state index contributed by atoms with van der Waals surface area (Å²) in [7, 11) is 0. The van der Waals surface area contributed by atoms with E-state index in [0.29, 0.717) is 11.0 Å². The molecule has 0 aliphatic heterocycles. The molecule has 0 saturated carbocycles. The van der Waals surface area contributed by atoms with Gasteiger partial charge in [0.1, 0.15) is 5.52 Å². The van der Waals surface area contributed by atoms with Crippen molar-refractivity contribution >= 4 is 44.5 Å². The minimum Gasteiger partial charge on any atom is -0.369 e. The third-order valence-electron chi connectivity index (χ3n) is 3.33. The molecule has 0 saturated heterocycles. The molecule has 102 valence electrons. The van der Waals surface area contributed by atoms with Gasteiger partial charge in [-0.15, -0.1) is 0 Å². The molecule has 5 heteroatoms. The summed E-state index contributed by atoms with van der Waals surface area (Å²) >= 11 is 9.69. The Balaban J connectivity index is 2.35. The molecule has 20 heavy (non-hydrogen) atoms. The monoisotopic (exact) mass is 349 g/mol. The van der Waals surface area contributed by atoms with Gasteiger partial charge in [0.25, 0.3) is 0 Å². The lowest BCUT2D eigenvalue weighted by Crippen LogP contribution is -2.03. The van der Waals surface area contributed by atoms with E-state index in [1.54, 1.807) is 0 Å². The van der Waals surface area contributed by atoms with Crippen LogP contribution < -0.4 is 5.73 Å². The van der Waals surface area contributed by atoms with Crippen LogP contribution in [0.25, 0.3) is 16.7 Å². The summed E-state index contributed by atoms with van der Waals surface area (Å²) in [6.45, 7) is 2.12. The predicted molar refractivity (Wildman–Crippen MR) is 87.6 cm³/mol. The van der Waals surface area contributed by atoms with Crippen molar-refractivity contribution in [1.82, 2.24) is 9.55 Å². The fourth-order valence-corrected chi connectivity index (χ4v) is 3.01. The van der Waals surface area contributed by atoms with Crippen LogP contribution in [0.2, 0.25) is 5.02 Å². The summed E-state index contributed by atoms with van der Waals surface area (Å²) in [5.41, 5.74) is 9.99. The second kappa shape index (κ2) is 5.11. The summed E-state index contributed by atoms with van der Waals surface area (Å²) in [5.74, 6) is 0.449. The number of anilines is 1. The Hall–Kier alpha value is -1.52. The van der Waals surface area contributed by atoms with Crippen molar-refractivity contribution in [2.45, 2.75) is 13.3 Å². The number of benzene rings is 2. The first-order valence-electron chi connectivity index (χ1n) is 6.33. The molecule has 0 aliphatic rings. The van der Waals surface area contributed by atoms with Gasteiger partial charge in [0.05, 0.1) is 16.2 Å². The third kappa shape index (κ3) is 2.09. The van der Waals surface area contributed by atoms with Gasteiger partial charge >= 0.3 is 0 Å². The van der Waals surface area contributed by atoms with Crippen molar-refractivity contribution in [2.75, 3.05) is 5.73 Å². The number of nitrogens with two attached hydrogens (primary N) is 1. The highest BCUT2D eigenvalue weighted by molar-refractivity contribution is 9.10. The molecule has 3 nitrogen and oxygen atoms in total. The Morgan fingerprint density at radius 2 is 2.10 bits per heavy atom. The Morgan fingerprint density at radius 3 is 2.85 bits per heavy atom. The molecular formula is C15H13BrClN3. The molecule has 0 spiro atoms. The summed E-state index contributed by atoms with van der Waals surface area (Å²) < 4.78 is 3.01. The molecule has 0 bridgehead atoms. The molecule has 2 N–H and O–H groups in total. The summed E-state index contributed by atoms with van der Waals surface area (Å²) in [6.07, 6.45) is 0.911. The van der Waals surface area contributed by atoms with Crippen molar-refractivity contribution in [3.8, 4) is 5.69 Å². The third-order valence-corrected chi connectivity index (χ3v) is 4.12. The molecule has 1 aromatic heterocycles. The van der Waals surface area contributed by atoms with Crippen LogP contribution in [0, 0.1) is 0 Å². The van der Waals surface area contributed by atoms with Crippen LogP contribution in [0.5, 0.6) is 0 Å². The molecule has 0 fully saturated rings. The first-order valence-corrected chi connectivity index (χ1v) is 7.50. The lowest BCUT2D eigenvalue weighted by Gasteiger charge is -2.12. The molecule has 0 radical (unpaired) electrons. The highest BCUT2D eigenvalue weighted by atomic mass is 79.9. The van der Waals surface area contributed by atoms with Crippen molar-refractivity contribution in [3.05, 3.63) is 51.5 Å². The van der Waals surface area contributed by atoms with E-state index in [-0.39, 0.29) is 0 Å². The zero-order valence-electron chi connectivity index (χ0n) is 10.9. The topological polar surface area (TPSA) is 43.8 Å². The van der Waals surface area contributed by atoms with Crippen molar-refractivity contribution < 1.29 is 0 Å². The van der Waals surface area contributed by atoms with Gasteiger partial charge < -0.3 is 5.73 Å². The average molecular weight is 351 g/mol. The Labute approximate surface area is 130 Å². The minimum absolute atomic E-state index is 0.449. The quantitative estimate of drug-likeness (QED) is 0.735. The Morgan fingerprint density at radius 1 is 1.30 bits per heavy atom. The molecule has 0 aliphatic carbocycles. The van der Waals surface area contributed by atoms with Crippen LogP contribution in [-0.4, -0.2) is 9.55 Å². The highest BCUT2D eigenvalue weighted by Crippen LogP contribution is 2.30. The van der Waals surface area contributed by atoms with Crippen LogP contribution in [0.3, 0.4) is 0 Å². The number of nitrogen functional groups attached to an aromatic ring is 1. The van der Waals surface area contributed by atoms with E-state index < -0.39 is 0 Å². The normalized spacial score (nSPS) is 11.2. The van der Waals surface area contributed by atoms with Crippen LogP contribution >= 0.6 is 27.5 Å². The van der Waals surface area contributed by atoms with Crippen LogP contribution in [0.15, 0.2) is 40.9 Å². The maximum Gasteiger partial charge on any atom is 0.205 e. The van der Waals surface area contributed by atoms with Gasteiger partial charge in [0, 0.05) is 4.47 Å². The van der Waals surface area contributed by atoms with Crippen molar-refractivity contribution in [3.63, 3.8) is 0 Å². The molecule has 3 aromatic rings. The number of halogens is 2. The van der Waals surface area contributed by atoms with Gasteiger partial charge in [0.2, 0.25) is 5.95 Å². The number of imidazole rings is 1. The number of aromatic nitrogens is 2. The molecule has 2 aromatic carbocycles. The van der Waals surface area contributed by atoms with E-state index in [4.69, 9.17) is 17.3 Å². The van der Waals surface area contributed by atoms with Gasteiger partial charge in [-0.1, -0.05) is 40.5 Å². The SMILES string of the molecule is CCc1cc(Br)ccc1-n1c(N)nc2c(Cl)cccc21. The zero-order chi connectivity index (χ0) is 14.3. The van der Waals surface area contributed by atoms with Gasteiger partial charge in [-0.3, -0.25) is 4.57 Å². The van der Waals surface area contributed by atoms with Crippen LogP contribution in [0.4, 0.5) is 5.95 Å².